The number of rotatable bonds is 4. The predicted molar refractivity (Wildman–Crippen MR) is 113 cm³/mol. The van der Waals surface area contributed by atoms with Crippen molar-refractivity contribution in [2.75, 3.05) is 0 Å². The molecule has 4 rings (SSSR count). The number of nitrogens with one attached hydrogen (secondary N) is 1. The van der Waals surface area contributed by atoms with Crippen LogP contribution < -0.4 is 5.32 Å². The molecule has 0 spiro atoms. The summed E-state index contributed by atoms with van der Waals surface area (Å²) in [6.45, 7) is 4.34. The highest BCUT2D eigenvalue weighted by atomic mass is 35.5. The Labute approximate surface area is 176 Å². The first-order valence-electron chi connectivity index (χ1n) is 8.57. The summed E-state index contributed by atoms with van der Waals surface area (Å²) < 4.78 is 6.33. The summed E-state index contributed by atoms with van der Waals surface area (Å²) in [6.07, 6.45) is 2.01. The SMILES string of the molecule is Cc1ccc(-c2nc3ccc(C)cn3c2CNC(=O)c2nsc(Cl)c2Cl)cc1. The molecule has 0 saturated heterocycles. The van der Waals surface area contributed by atoms with E-state index in [-0.39, 0.29) is 23.2 Å². The summed E-state index contributed by atoms with van der Waals surface area (Å²) >= 11 is 13.0. The van der Waals surface area contributed by atoms with Crippen molar-refractivity contribution < 1.29 is 4.79 Å². The van der Waals surface area contributed by atoms with Gasteiger partial charge in [-0.25, -0.2) is 4.98 Å². The monoisotopic (exact) mass is 430 g/mol. The van der Waals surface area contributed by atoms with Gasteiger partial charge in [-0.05, 0) is 37.0 Å². The van der Waals surface area contributed by atoms with Crippen molar-refractivity contribution in [3.8, 4) is 11.3 Å². The Balaban J connectivity index is 1.73. The van der Waals surface area contributed by atoms with Crippen LogP contribution in [-0.2, 0) is 6.54 Å². The van der Waals surface area contributed by atoms with Crippen LogP contribution >= 0.6 is 34.7 Å². The van der Waals surface area contributed by atoms with Crippen molar-refractivity contribution in [3.05, 3.63) is 74.5 Å². The molecule has 1 N–H and O–H groups in total. The van der Waals surface area contributed by atoms with E-state index in [0.29, 0.717) is 4.34 Å². The average Bonchev–Trinajstić information content (AvgIpc) is 3.20. The lowest BCUT2D eigenvalue weighted by atomic mass is 10.1. The van der Waals surface area contributed by atoms with Gasteiger partial charge in [0.15, 0.2) is 5.69 Å². The van der Waals surface area contributed by atoms with E-state index in [9.17, 15) is 4.79 Å². The maximum atomic E-state index is 12.5. The summed E-state index contributed by atoms with van der Waals surface area (Å²) in [7, 11) is 0. The van der Waals surface area contributed by atoms with Crippen molar-refractivity contribution in [1.82, 2.24) is 19.1 Å². The van der Waals surface area contributed by atoms with Crippen LogP contribution in [0.2, 0.25) is 9.36 Å². The molecule has 0 aliphatic rings. The van der Waals surface area contributed by atoms with Crippen LogP contribution in [0.15, 0.2) is 42.6 Å². The van der Waals surface area contributed by atoms with E-state index in [0.717, 1.165) is 39.7 Å². The van der Waals surface area contributed by atoms with Crippen molar-refractivity contribution in [2.24, 2.45) is 0 Å². The summed E-state index contributed by atoms with van der Waals surface area (Å²) in [4.78, 5) is 17.3. The fourth-order valence-corrected chi connectivity index (χ4v) is 3.96. The number of hydrogen-bond donors (Lipinski definition) is 1. The van der Waals surface area contributed by atoms with Crippen LogP contribution in [0, 0.1) is 13.8 Å². The number of amides is 1. The van der Waals surface area contributed by atoms with E-state index in [1.807, 2.05) is 60.8 Å². The second-order valence-corrected chi connectivity index (χ2v) is 8.26. The lowest BCUT2D eigenvalue weighted by Crippen LogP contribution is -2.24. The van der Waals surface area contributed by atoms with E-state index in [1.165, 1.54) is 5.56 Å². The highest BCUT2D eigenvalue weighted by Crippen LogP contribution is 2.30. The first-order chi connectivity index (χ1) is 13.4. The molecule has 28 heavy (non-hydrogen) atoms. The van der Waals surface area contributed by atoms with Crippen LogP contribution in [-0.4, -0.2) is 19.7 Å². The number of hydrogen-bond acceptors (Lipinski definition) is 4. The zero-order chi connectivity index (χ0) is 19.8. The largest absolute Gasteiger partial charge is 0.345 e. The van der Waals surface area contributed by atoms with Gasteiger partial charge in [-0.2, -0.15) is 4.37 Å². The number of benzene rings is 1. The van der Waals surface area contributed by atoms with Gasteiger partial charge in [0.05, 0.1) is 17.9 Å². The summed E-state index contributed by atoms with van der Waals surface area (Å²) in [6, 6.07) is 12.1. The molecule has 0 radical (unpaired) electrons. The van der Waals surface area contributed by atoms with E-state index in [2.05, 4.69) is 9.69 Å². The standard InChI is InChI=1S/C20H16Cl2N4OS/c1-11-3-6-13(7-4-11)17-14(26-10-12(2)5-8-15(26)24-17)9-23-20(27)18-16(21)19(22)28-25-18/h3-8,10H,9H2,1-2H3,(H,23,27). The number of imidazole rings is 1. The Kier molecular flexibility index (Phi) is 5.10. The number of aromatic nitrogens is 3. The Hall–Kier alpha value is -2.41. The van der Waals surface area contributed by atoms with Gasteiger partial charge < -0.3 is 9.72 Å². The Morgan fingerprint density at radius 3 is 2.50 bits per heavy atom. The zero-order valence-corrected chi connectivity index (χ0v) is 17.5. The average molecular weight is 431 g/mol. The Bertz CT molecular complexity index is 1180. The normalized spacial score (nSPS) is 11.1. The third-order valence-electron chi connectivity index (χ3n) is 4.42. The smallest absolute Gasteiger partial charge is 0.272 e. The molecule has 3 heterocycles. The molecule has 0 atom stereocenters. The number of carbonyl (C=O) groups excluding carboxylic acids is 1. The van der Waals surface area contributed by atoms with Crippen LogP contribution in [0.4, 0.5) is 0 Å². The molecular weight excluding hydrogens is 415 g/mol. The van der Waals surface area contributed by atoms with Gasteiger partial charge in [-0.3, -0.25) is 4.79 Å². The minimum Gasteiger partial charge on any atom is -0.345 e. The lowest BCUT2D eigenvalue weighted by Gasteiger charge is -2.08. The van der Waals surface area contributed by atoms with E-state index >= 15 is 0 Å². The van der Waals surface area contributed by atoms with Gasteiger partial charge in [0.25, 0.3) is 5.91 Å². The summed E-state index contributed by atoms with van der Waals surface area (Å²) in [5.74, 6) is -0.370. The van der Waals surface area contributed by atoms with Gasteiger partial charge in [-0.1, -0.05) is 59.1 Å². The molecule has 1 aromatic carbocycles. The van der Waals surface area contributed by atoms with Crippen molar-refractivity contribution >= 4 is 46.3 Å². The maximum Gasteiger partial charge on any atom is 0.272 e. The number of halogens is 2. The fourth-order valence-electron chi connectivity index (χ4n) is 2.96. The van der Waals surface area contributed by atoms with E-state index in [1.54, 1.807) is 0 Å². The van der Waals surface area contributed by atoms with Gasteiger partial charge in [0.2, 0.25) is 0 Å². The highest BCUT2D eigenvalue weighted by Gasteiger charge is 2.20. The topological polar surface area (TPSA) is 59.3 Å². The Morgan fingerprint density at radius 2 is 1.82 bits per heavy atom. The fraction of sp³-hybridized carbons (Fsp3) is 0.150. The first kappa shape index (κ1) is 18.9. The molecule has 0 aliphatic heterocycles. The summed E-state index contributed by atoms with van der Waals surface area (Å²) in [5, 5.41) is 3.07. The number of nitrogens with zero attached hydrogens (tertiary/aromatic N) is 3. The molecule has 0 saturated carbocycles. The predicted octanol–water partition coefficient (Wildman–Crippen LogP) is 5.31. The van der Waals surface area contributed by atoms with E-state index in [4.69, 9.17) is 28.2 Å². The third kappa shape index (κ3) is 3.51. The van der Waals surface area contributed by atoms with E-state index < -0.39 is 0 Å². The molecular formula is C20H16Cl2N4OS. The molecule has 8 heteroatoms. The number of pyridine rings is 1. The molecule has 0 unspecified atom stereocenters. The van der Waals surface area contributed by atoms with Crippen LogP contribution in [0.1, 0.15) is 27.3 Å². The van der Waals surface area contributed by atoms with Gasteiger partial charge >= 0.3 is 0 Å². The van der Waals surface area contributed by atoms with Crippen LogP contribution in [0.25, 0.3) is 16.9 Å². The second kappa shape index (κ2) is 7.54. The second-order valence-electron chi connectivity index (χ2n) is 6.51. The molecule has 5 nitrogen and oxygen atoms in total. The third-order valence-corrected chi connectivity index (χ3v) is 6.03. The minimum absolute atomic E-state index is 0.138. The lowest BCUT2D eigenvalue weighted by molar-refractivity contribution is 0.0946. The number of fused-ring (bicyclic) bond motifs is 1. The molecule has 142 valence electrons. The summed E-state index contributed by atoms with van der Waals surface area (Å²) in [5.41, 5.74) is 5.93. The Morgan fingerprint density at radius 1 is 1.11 bits per heavy atom. The van der Waals surface area contributed by atoms with Gasteiger partial charge in [0.1, 0.15) is 15.0 Å². The van der Waals surface area contributed by atoms with Crippen molar-refractivity contribution in [2.45, 2.75) is 20.4 Å². The molecule has 4 aromatic rings. The minimum atomic E-state index is -0.370. The van der Waals surface area contributed by atoms with Crippen LogP contribution in [0.3, 0.4) is 0 Å². The molecule has 0 aliphatic carbocycles. The maximum absolute atomic E-state index is 12.5. The first-order valence-corrected chi connectivity index (χ1v) is 10.1. The molecule has 0 fully saturated rings. The number of aryl methyl sites for hydroxylation is 2. The number of carbonyl (C=O) groups is 1. The molecule has 1 amide bonds. The molecule has 3 aromatic heterocycles. The van der Waals surface area contributed by atoms with Gasteiger partial charge in [-0.15, -0.1) is 0 Å². The van der Waals surface area contributed by atoms with Gasteiger partial charge in [0, 0.05) is 11.8 Å². The zero-order valence-electron chi connectivity index (χ0n) is 15.2. The van der Waals surface area contributed by atoms with Crippen molar-refractivity contribution in [3.63, 3.8) is 0 Å². The molecule has 0 bridgehead atoms. The quantitative estimate of drug-likeness (QED) is 0.476. The van der Waals surface area contributed by atoms with Crippen molar-refractivity contribution in [1.29, 1.82) is 0 Å². The van der Waals surface area contributed by atoms with Crippen LogP contribution in [0.5, 0.6) is 0 Å². The highest BCUT2D eigenvalue weighted by molar-refractivity contribution is 7.11.